The molecule has 0 aliphatic carbocycles. The van der Waals surface area contributed by atoms with Crippen LogP contribution in [0.25, 0.3) is 11.4 Å². The minimum atomic E-state index is -0.474. The van der Waals surface area contributed by atoms with Gasteiger partial charge in [-0.25, -0.2) is 8.78 Å². The predicted octanol–water partition coefficient (Wildman–Crippen LogP) is 5.07. The zero-order valence-corrected chi connectivity index (χ0v) is 18.7. The van der Waals surface area contributed by atoms with Crippen molar-refractivity contribution in [1.29, 1.82) is 0 Å². The number of rotatable bonds is 8. The van der Waals surface area contributed by atoms with Crippen LogP contribution in [0.1, 0.15) is 18.1 Å². The quantitative estimate of drug-likeness (QED) is 0.370. The van der Waals surface area contributed by atoms with Gasteiger partial charge in [0.15, 0.2) is 11.0 Å². The minimum absolute atomic E-state index is 0.189. The minimum Gasteiger partial charge on any atom is -0.351 e. The van der Waals surface area contributed by atoms with Crippen molar-refractivity contribution in [3.63, 3.8) is 0 Å². The topological polar surface area (TPSA) is 59.8 Å². The van der Waals surface area contributed by atoms with Gasteiger partial charge in [-0.05, 0) is 42.3 Å². The second-order valence-corrected chi connectivity index (χ2v) is 8.77. The van der Waals surface area contributed by atoms with Crippen molar-refractivity contribution in [2.75, 3.05) is 0 Å². The average Bonchev–Trinajstić information content (AvgIpc) is 3.21. The number of hydrogen-bond acceptors (Lipinski definition) is 4. The molecule has 4 rings (SSSR count). The number of nitrogens with zero attached hydrogens (tertiary/aromatic N) is 3. The standard InChI is InChI=1S/C25H22F2N4OS/c1-17(24(32)28-15-18-11-13-20(26)14-12-18)33-25-30-29-23(21-9-5-6-10-22(21)27)31(25)16-19-7-3-2-4-8-19/h2-14,17H,15-16H2,1H3,(H,28,32). The molecule has 3 aromatic carbocycles. The third-order valence-electron chi connectivity index (χ3n) is 5.05. The van der Waals surface area contributed by atoms with Crippen molar-refractivity contribution in [3.05, 3.63) is 102 Å². The zero-order valence-electron chi connectivity index (χ0n) is 17.9. The molecule has 1 heterocycles. The number of thioether (sulfide) groups is 1. The number of nitrogens with one attached hydrogen (secondary N) is 1. The highest BCUT2D eigenvalue weighted by atomic mass is 32.2. The third-order valence-corrected chi connectivity index (χ3v) is 6.13. The van der Waals surface area contributed by atoms with Crippen LogP contribution >= 0.6 is 11.8 Å². The van der Waals surface area contributed by atoms with E-state index >= 15 is 0 Å². The van der Waals surface area contributed by atoms with E-state index in [2.05, 4.69) is 15.5 Å². The third kappa shape index (κ3) is 5.64. The molecule has 1 amide bonds. The highest BCUT2D eigenvalue weighted by Gasteiger charge is 2.22. The summed E-state index contributed by atoms with van der Waals surface area (Å²) in [5, 5.41) is 11.4. The van der Waals surface area contributed by atoms with Crippen LogP contribution in [0.15, 0.2) is 84.0 Å². The Morgan fingerprint density at radius 2 is 1.64 bits per heavy atom. The lowest BCUT2D eigenvalue weighted by molar-refractivity contribution is -0.120. The summed E-state index contributed by atoms with van der Waals surface area (Å²) < 4.78 is 29.4. The van der Waals surface area contributed by atoms with Gasteiger partial charge in [-0.3, -0.25) is 9.36 Å². The predicted molar refractivity (Wildman–Crippen MR) is 125 cm³/mol. The van der Waals surface area contributed by atoms with E-state index in [0.717, 1.165) is 11.1 Å². The molecule has 0 radical (unpaired) electrons. The second kappa shape index (κ2) is 10.4. The number of hydrogen-bond donors (Lipinski definition) is 1. The van der Waals surface area contributed by atoms with Crippen LogP contribution < -0.4 is 5.32 Å². The molecule has 0 bridgehead atoms. The van der Waals surface area contributed by atoms with Crippen LogP contribution in [0.3, 0.4) is 0 Å². The van der Waals surface area contributed by atoms with Crippen LogP contribution in [0.4, 0.5) is 8.78 Å². The summed E-state index contributed by atoms with van der Waals surface area (Å²) in [7, 11) is 0. The van der Waals surface area contributed by atoms with Crippen LogP contribution in [-0.4, -0.2) is 25.9 Å². The molecule has 1 aromatic heterocycles. The SMILES string of the molecule is CC(Sc1nnc(-c2ccccc2F)n1Cc1ccccc1)C(=O)NCc1ccc(F)cc1. The summed E-state index contributed by atoms with van der Waals surface area (Å²) in [4.78, 5) is 12.7. The Balaban J connectivity index is 1.54. The van der Waals surface area contributed by atoms with Gasteiger partial charge in [-0.1, -0.05) is 66.4 Å². The first-order valence-corrected chi connectivity index (χ1v) is 11.3. The summed E-state index contributed by atoms with van der Waals surface area (Å²) in [6.45, 7) is 2.50. The van der Waals surface area contributed by atoms with Gasteiger partial charge in [-0.15, -0.1) is 10.2 Å². The summed E-state index contributed by atoms with van der Waals surface area (Å²) in [5.41, 5.74) is 2.15. The molecule has 0 aliphatic heterocycles. The molecule has 33 heavy (non-hydrogen) atoms. The first kappa shape index (κ1) is 22.7. The monoisotopic (exact) mass is 464 g/mol. The number of aromatic nitrogens is 3. The zero-order chi connectivity index (χ0) is 23.2. The van der Waals surface area contributed by atoms with Crippen molar-refractivity contribution < 1.29 is 13.6 Å². The Hall–Kier alpha value is -3.52. The van der Waals surface area contributed by atoms with E-state index in [1.165, 1.54) is 30.0 Å². The Labute approximate surface area is 194 Å². The lowest BCUT2D eigenvalue weighted by Crippen LogP contribution is -2.30. The Morgan fingerprint density at radius 3 is 2.36 bits per heavy atom. The maximum atomic E-state index is 14.5. The summed E-state index contributed by atoms with van der Waals surface area (Å²) >= 11 is 1.25. The fourth-order valence-corrected chi connectivity index (χ4v) is 4.15. The van der Waals surface area contributed by atoms with Crippen molar-refractivity contribution in [2.24, 2.45) is 0 Å². The van der Waals surface area contributed by atoms with Gasteiger partial charge in [-0.2, -0.15) is 0 Å². The van der Waals surface area contributed by atoms with E-state index in [1.54, 1.807) is 37.3 Å². The molecular weight excluding hydrogens is 442 g/mol. The number of carbonyl (C=O) groups excluding carboxylic acids is 1. The van der Waals surface area contributed by atoms with E-state index < -0.39 is 5.25 Å². The van der Waals surface area contributed by atoms with Gasteiger partial charge >= 0.3 is 0 Å². The molecule has 0 saturated carbocycles. The highest BCUT2D eigenvalue weighted by Crippen LogP contribution is 2.29. The van der Waals surface area contributed by atoms with Crippen LogP contribution in [0.5, 0.6) is 0 Å². The number of carbonyl (C=O) groups is 1. The van der Waals surface area contributed by atoms with Gasteiger partial charge in [0.1, 0.15) is 11.6 Å². The van der Waals surface area contributed by atoms with Crippen LogP contribution in [0.2, 0.25) is 0 Å². The van der Waals surface area contributed by atoms with E-state index in [-0.39, 0.29) is 17.5 Å². The summed E-state index contributed by atoms with van der Waals surface area (Å²) in [5.74, 6) is -0.498. The molecule has 168 valence electrons. The summed E-state index contributed by atoms with van der Waals surface area (Å²) in [6.07, 6.45) is 0. The fraction of sp³-hybridized carbons (Fsp3) is 0.160. The molecule has 0 aliphatic rings. The largest absolute Gasteiger partial charge is 0.351 e. The molecule has 8 heteroatoms. The second-order valence-electron chi connectivity index (χ2n) is 7.46. The van der Waals surface area contributed by atoms with E-state index in [9.17, 15) is 13.6 Å². The molecule has 1 atom stereocenters. The Bertz CT molecular complexity index is 1230. The van der Waals surface area contributed by atoms with Gasteiger partial charge in [0.2, 0.25) is 5.91 Å². The van der Waals surface area contributed by atoms with Crippen molar-refractivity contribution >= 4 is 17.7 Å². The lowest BCUT2D eigenvalue weighted by Gasteiger charge is -2.14. The van der Waals surface area contributed by atoms with Gasteiger partial charge in [0.05, 0.1) is 17.4 Å². The molecule has 5 nitrogen and oxygen atoms in total. The maximum absolute atomic E-state index is 14.5. The smallest absolute Gasteiger partial charge is 0.233 e. The van der Waals surface area contributed by atoms with Crippen LogP contribution in [0, 0.1) is 11.6 Å². The maximum Gasteiger partial charge on any atom is 0.233 e. The van der Waals surface area contributed by atoms with Gasteiger partial charge < -0.3 is 5.32 Å². The van der Waals surface area contributed by atoms with Crippen LogP contribution in [-0.2, 0) is 17.9 Å². The molecular formula is C25H22F2N4OS. The van der Waals surface area contributed by atoms with Crippen molar-refractivity contribution in [1.82, 2.24) is 20.1 Å². The average molecular weight is 465 g/mol. The first-order chi connectivity index (χ1) is 16.0. The van der Waals surface area contributed by atoms with E-state index in [0.29, 0.717) is 29.6 Å². The highest BCUT2D eigenvalue weighted by molar-refractivity contribution is 8.00. The lowest BCUT2D eigenvalue weighted by atomic mass is 10.2. The van der Waals surface area contributed by atoms with E-state index in [4.69, 9.17) is 0 Å². The fourth-order valence-electron chi connectivity index (χ4n) is 3.27. The van der Waals surface area contributed by atoms with Crippen molar-refractivity contribution in [3.8, 4) is 11.4 Å². The normalized spacial score (nSPS) is 11.8. The molecule has 0 fully saturated rings. The number of halogens is 2. The molecule has 1 unspecified atom stereocenters. The molecule has 4 aromatic rings. The van der Waals surface area contributed by atoms with E-state index in [1.807, 2.05) is 34.9 Å². The Morgan fingerprint density at radius 1 is 0.939 bits per heavy atom. The molecule has 1 N–H and O–H groups in total. The van der Waals surface area contributed by atoms with Crippen molar-refractivity contribution in [2.45, 2.75) is 30.4 Å². The number of amides is 1. The number of benzene rings is 3. The van der Waals surface area contributed by atoms with Gasteiger partial charge in [0.25, 0.3) is 0 Å². The Kier molecular flexibility index (Phi) is 7.14. The molecule has 0 saturated heterocycles. The van der Waals surface area contributed by atoms with Gasteiger partial charge in [0, 0.05) is 6.54 Å². The molecule has 0 spiro atoms. The summed E-state index contributed by atoms with van der Waals surface area (Å²) in [6, 6.07) is 22.1. The first-order valence-electron chi connectivity index (χ1n) is 10.4.